The Balaban J connectivity index is 1.95. The number of likely N-dealkylation sites (N-methyl/N-ethyl adjacent to an activating group) is 1. The fraction of sp³-hybridized carbons (Fsp3) is 0.312. The number of rotatable bonds is 5. The molecule has 20 heavy (non-hydrogen) atoms. The Hall–Kier alpha value is -2.23. The lowest BCUT2D eigenvalue weighted by Gasteiger charge is -2.15. The van der Waals surface area contributed by atoms with Gasteiger partial charge < -0.3 is 14.4 Å². The molecule has 1 aliphatic heterocycles. The largest absolute Gasteiger partial charge is 0.454 e. The summed E-state index contributed by atoms with van der Waals surface area (Å²) in [5, 5.41) is 0. The molecule has 4 nitrogen and oxygen atoms in total. The molecule has 0 aliphatic carbocycles. The van der Waals surface area contributed by atoms with Crippen molar-refractivity contribution in [2.75, 3.05) is 19.9 Å². The quantitative estimate of drug-likeness (QED) is 0.611. The third-order valence-corrected chi connectivity index (χ3v) is 3.11. The van der Waals surface area contributed by atoms with Gasteiger partial charge in [-0.2, -0.15) is 0 Å². The van der Waals surface area contributed by atoms with Crippen molar-refractivity contribution in [2.45, 2.75) is 13.8 Å². The molecule has 0 atom stereocenters. The van der Waals surface area contributed by atoms with Crippen molar-refractivity contribution in [3.8, 4) is 11.5 Å². The van der Waals surface area contributed by atoms with E-state index in [1.54, 1.807) is 17.1 Å². The molecule has 106 valence electrons. The zero-order chi connectivity index (χ0) is 14.4. The van der Waals surface area contributed by atoms with Gasteiger partial charge >= 0.3 is 0 Å². The Kier molecular flexibility index (Phi) is 4.82. The first kappa shape index (κ1) is 14.2. The Morgan fingerprint density at radius 1 is 1.20 bits per heavy atom. The maximum absolute atomic E-state index is 11.7. The van der Waals surface area contributed by atoms with Crippen LogP contribution in [0.1, 0.15) is 19.4 Å². The van der Waals surface area contributed by atoms with Crippen molar-refractivity contribution >= 4 is 12.0 Å². The smallest absolute Gasteiger partial charge is 0.246 e. The van der Waals surface area contributed by atoms with Crippen LogP contribution in [0.4, 0.5) is 0 Å². The number of carbonyl (C=O) groups excluding carboxylic acids is 1. The number of amides is 1. The van der Waals surface area contributed by atoms with E-state index in [2.05, 4.69) is 0 Å². The monoisotopic (exact) mass is 273 g/mol. The Morgan fingerprint density at radius 2 is 1.95 bits per heavy atom. The third kappa shape index (κ3) is 3.41. The lowest BCUT2D eigenvalue weighted by Crippen LogP contribution is -2.28. The molecule has 0 N–H and O–H groups in total. The molecule has 1 amide bonds. The second-order valence-corrected chi connectivity index (χ2v) is 4.34. The van der Waals surface area contributed by atoms with Crippen LogP contribution in [-0.2, 0) is 4.79 Å². The van der Waals surface area contributed by atoms with Gasteiger partial charge in [0.15, 0.2) is 11.5 Å². The van der Waals surface area contributed by atoms with Crippen LogP contribution in [0.2, 0.25) is 0 Å². The summed E-state index contributed by atoms with van der Waals surface area (Å²) in [5.74, 6) is 1.56. The summed E-state index contributed by atoms with van der Waals surface area (Å²) in [7, 11) is 0. The molecule has 2 rings (SSSR count). The molecule has 1 aliphatic rings. The van der Waals surface area contributed by atoms with Crippen LogP contribution in [0, 0.1) is 0 Å². The molecule has 0 saturated heterocycles. The van der Waals surface area contributed by atoms with E-state index in [9.17, 15) is 4.79 Å². The highest BCUT2D eigenvalue weighted by Crippen LogP contribution is 2.32. The maximum Gasteiger partial charge on any atom is 0.246 e. The summed E-state index contributed by atoms with van der Waals surface area (Å²) in [6.07, 6.45) is 7.11. The van der Waals surface area contributed by atoms with E-state index in [-0.39, 0.29) is 12.7 Å². The van der Waals surface area contributed by atoms with Gasteiger partial charge in [-0.25, -0.2) is 0 Å². The molecular weight excluding hydrogens is 254 g/mol. The van der Waals surface area contributed by atoms with E-state index < -0.39 is 0 Å². The predicted octanol–water partition coefficient (Wildman–Crippen LogP) is 2.85. The first-order valence-electron chi connectivity index (χ1n) is 6.78. The summed E-state index contributed by atoms with van der Waals surface area (Å²) in [6.45, 7) is 5.67. The number of hydrogen-bond donors (Lipinski definition) is 0. The van der Waals surface area contributed by atoms with Crippen molar-refractivity contribution in [3.05, 3.63) is 42.0 Å². The van der Waals surface area contributed by atoms with Crippen LogP contribution in [0.15, 0.2) is 36.4 Å². The summed E-state index contributed by atoms with van der Waals surface area (Å²) in [4.78, 5) is 13.5. The van der Waals surface area contributed by atoms with Crippen molar-refractivity contribution in [3.63, 3.8) is 0 Å². The average Bonchev–Trinajstić information content (AvgIpc) is 2.92. The number of benzene rings is 1. The molecule has 1 aromatic rings. The molecule has 1 aromatic carbocycles. The number of ether oxygens (including phenoxy) is 2. The Morgan fingerprint density at radius 3 is 2.70 bits per heavy atom. The van der Waals surface area contributed by atoms with Gasteiger partial charge in [0.05, 0.1) is 0 Å². The van der Waals surface area contributed by atoms with Crippen molar-refractivity contribution in [1.29, 1.82) is 0 Å². The van der Waals surface area contributed by atoms with E-state index in [1.807, 2.05) is 44.2 Å². The summed E-state index contributed by atoms with van der Waals surface area (Å²) < 4.78 is 10.6. The van der Waals surface area contributed by atoms with E-state index >= 15 is 0 Å². The zero-order valence-corrected chi connectivity index (χ0v) is 11.8. The first-order valence-corrected chi connectivity index (χ1v) is 6.78. The number of fused-ring (bicyclic) bond motifs is 1. The molecule has 0 saturated carbocycles. The lowest BCUT2D eigenvalue weighted by molar-refractivity contribution is -0.125. The highest BCUT2D eigenvalue weighted by molar-refractivity contribution is 5.88. The van der Waals surface area contributed by atoms with Crippen LogP contribution in [0.5, 0.6) is 11.5 Å². The van der Waals surface area contributed by atoms with Crippen molar-refractivity contribution in [1.82, 2.24) is 4.90 Å². The molecule has 0 bridgehead atoms. The first-order chi connectivity index (χ1) is 9.74. The maximum atomic E-state index is 11.7. The van der Waals surface area contributed by atoms with Gasteiger partial charge in [0.1, 0.15) is 0 Å². The molecule has 1 heterocycles. The van der Waals surface area contributed by atoms with Crippen LogP contribution < -0.4 is 9.47 Å². The number of nitrogens with zero attached hydrogens (tertiary/aromatic N) is 1. The van der Waals surface area contributed by atoms with Gasteiger partial charge in [-0.1, -0.05) is 24.3 Å². The normalized spacial score (nSPS) is 13.3. The second kappa shape index (κ2) is 6.80. The van der Waals surface area contributed by atoms with Gasteiger partial charge in [-0.3, -0.25) is 4.79 Å². The molecule has 0 radical (unpaired) electrons. The van der Waals surface area contributed by atoms with Crippen molar-refractivity contribution in [2.24, 2.45) is 0 Å². The number of carbonyl (C=O) groups is 1. The second-order valence-electron chi connectivity index (χ2n) is 4.34. The van der Waals surface area contributed by atoms with Gasteiger partial charge in [0.25, 0.3) is 0 Å². The van der Waals surface area contributed by atoms with Crippen LogP contribution in [-0.4, -0.2) is 30.7 Å². The standard InChI is InChI=1S/C16H19NO3/c1-3-17(4-2)16(18)8-6-5-7-13-9-10-14-15(11-13)20-12-19-14/h5-11H,3-4,12H2,1-2H3. The zero-order valence-electron chi connectivity index (χ0n) is 11.8. The van der Waals surface area contributed by atoms with E-state index in [0.29, 0.717) is 0 Å². The average molecular weight is 273 g/mol. The third-order valence-electron chi connectivity index (χ3n) is 3.11. The number of allylic oxidation sites excluding steroid dienone is 2. The summed E-state index contributed by atoms with van der Waals surface area (Å²) in [6, 6.07) is 5.75. The fourth-order valence-electron chi connectivity index (χ4n) is 1.96. The Labute approximate surface area is 119 Å². The van der Waals surface area contributed by atoms with Gasteiger partial charge in [-0.15, -0.1) is 0 Å². The SMILES string of the molecule is CCN(CC)C(=O)C=CC=Cc1ccc2c(c1)OCO2. The molecule has 4 heteroatoms. The highest BCUT2D eigenvalue weighted by Gasteiger charge is 2.11. The fourth-order valence-corrected chi connectivity index (χ4v) is 1.96. The van der Waals surface area contributed by atoms with Crippen LogP contribution in [0.25, 0.3) is 6.08 Å². The van der Waals surface area contributed by atoms with Crippen LogP contribution in [0.3, 0.4) is 0 Å². The minimum atomic E-state index is 0.0327. The lowest BCUT2D eigenvalue weighted by atomic mass is 10.2. The van der Waals surface area contributed by atoms with Gasteiger partial charge in [-0.05, 0) is 31.5 Å². The molecular formula is C16H19NO3. The summed E-state index contributed by atoms with van der Waals surface area (Å²) in [5.41, 5.74) is 1.01. The van der Waals surface area contributed by atoms with E-state index in [4.69, 9.17) is 9.47 Å². The van der Waals surface area contributed by atoms with E-state index in [0.717, 1.165) is 30.2 Å². The molecule has 0 unspecified atom stereocenters. The predicted molar refractivity (Wildman–Crippen MR) is 78.7 cm³/mol. The number of hydrogen-bond acceptors (Lipinski definition) is 3. The summed E-state index contributed by atoms with van der Waals surface area (Å²) >= 11 is 0. The minimum Gasteiger partial charge on any atom is -0.454 e. The molecule has 0 spiro atoms. The van der Waals surface area contributed by atoms with Gasteiger partial charge in [0.2, 0.25) is 12.7 Å². The van der Waals surface area contributed by atoms with Crippen LogP contribution >= 0.6 is 0 Å². The van der Waals surface area contributed by atoms with Gasteiger partial charge in [0, 0.05) is 19.2 Å². The highest BCUT2D eigenvalue weighted by atomic mass is 16.7. The Bertz CT molecular complexity index is 531. The molecule has 0 fully saturated rings. The minimum absolute atomic E-state index is 0.0327. The molecule has 0 aromatic heterocycles. The topological polar surface area (TPSA) is 38.8 Å². The van der Waals surface area contributed by atoms with E-state index in [1.165, 1.54) is 0 Å². The van der Waals surface area contributed by atoms with Crippen molar-refractivity contribution < 1.29 is 14.3 Å².